The summed E-state index contributed by atoms with van der Waals surface area (Å²) in [5.41, 5.74) is 5.33. The van der Waals surface area contributed by atoms with E-state index in [2.05, 4.69) is 0 Å². The monoisotopic (exact) mass is 707 g/mol. The lowest BCUT2D eigenvalue weighted by Crippen LogP contribution is -2.49. The number of amides is 6. The SMILES string of the molecule is COc1cc([C@H]2C3=CC[C@@H]4C(=O)N(C(N)=O)C(=O)[C@@H]4[C@@H]3C[C@H]3C(=O)N(c4ccc(F)c(Cl)c4)C(=O)[C@@]23C)cc(I)c1O. The summed E-state index contributed by atoms with van der Waals surface area (Å²) in [4.78, 5) is 68.5. The molecule has 6 amide bonds. The Labute approximate surface area is 257 Å². The van der Waals surface area contributed by atoms with Crippen LogP contribution in [0.1, 0.15) is 31.2 Å². The molecule has 4 aliphatic rings. The number of nitrogens with zero attached hydrogens (tertiary/aromatic N) is 2. The van der Waals surface area contributed by atoms with E-state index in [-0.39, 0.29) is 35.1 Å². The van der Waals surface area contributed by atoms with Gasteiger partial charge in [-0.2, -0.15) is 4.90 Å². The maximum Gasteiger partial charge on any atom is 0.328 e. The second kappa shape index (κ2) is 9.76. The van der Waals surface area contributed by atoms with Gasteiger partial charge in [-0.3, -0.25) is 19.2 Å². The van der Waals surface area contributed by atoms with E-state index >= 15 is 0 Å². The fourth-order valence-corrected chi connectivity index (χ4v) is 8.20. The minimum atomic E-state index is -1.38. The zero-order valence-corrected chi connectivity index (χ0v) is 25.2. The number of fused-ring (bicyclic) bond motifs is 4. The summed E-state index contributed by atoms with van der Waals surface area (Å²) < 4.78 is 19.8. The van der Waals surface area contributed by atoms with E-state index in [0.29, 0.717) is 19.6 Å². The molecule has 0 radical (unpaired) electrons. The maximum atomic E-state index is 14.4. The predicted octanol–water partition coefficient (Wildman–Crippen LogP) is 4.11. The van der Waals surface area contributed by atoms with Gasteiger partial charge in [-0.05, 0) is 84.2 Å². The molecule has 6 atom stereocenters. The van der Waals surface area contributed by atoms with E-state index in [0.717, 1.165) is 11.0 Å². The molecule has 2 heterocycles. The normalized spacial score (nSPS) is 30.2. The Kier molecular flexibility index (Phi) is 6.65. The number of phenols is 1. The van der Waals surface area contributed by atoms with Crippen LogP contribution in [-0.4, -0.2) is 46.8 Å². The lowest BCUT2D eigenvalue weighted by atomic mass is 9.51. The molecule has 42 heavy (non-hydrogen) atoms. The molecule has 3 fully saturated rings. The summed E-state index contributed by atoms with van der Waals surface area (Å²) in [6.45, 7) is 1.68. The van der Waals surface area contributed by atoms with Crippen molar-refractivity contribution in [3.05, 3.63) is 62.0 Å². The number of aromatic hydroxyl groups is 1. The number of nitrogens with two attached hydrogens (primary N) is 1. The quantitative estimate of drug-likeness (QED) is 0.277. The van der Waals surface area contributed by atoms with Crippen LogP contribution in [0, 0.1) is 38.5 Å². The van der Waals surface area contributed by atoms with Gasteiger partial charge >= 0.3 is 6.03 Å². The third-order valence-corrected chi connectivity index (χ3v) is 10.4. The minimum Gasteiger partial charge on any atom is -0.504 e. The van der Waals surface area contributed by atoms with Crippen LogP contribution in [0.5, 0.6) is 11.5 Å². The number of carbonyl (C=O) groups excluding carboxylic acids is 5. The van der Waals surface area contributed by atoms with E-state index in [1.54, 1.807) is 19.1 Å². The Bertz CT molecular complexity index is 1660. The minimum absolute atomic E-state index is 0.0495. The number of phenolic OH excluding ortho intramolecular Hbond substituents is 1. The molecular weight excluding hydrogens is 684 g/mol. The number of anilines is 1. The topological polar surface area (TPSA) is 147 Å². The number of benzene rings is 2. The van der Waals surface area contributed by atoms with Crippen LogP contribution in [-0.2, 0) is 19.2 Å². The summed E-state index contributed by atoms with van der Waals surface area (Å²) in [7, 11) is 1.39. The molecule has 218 valence electrons. The number of likely N-dealkylation sites (tertiary alicyclic amines) is 1. The van der Waals surface area contributed by atoms with E-state index in [9.17, 15) is 33.5 Å². The second-order valence-electron chi connectivity index (χ2n) is 11.2. The van der Waals surface area contributed by atoms with Gasteiger partial charge in [-0.25, -0.2) is 14.1 Å². The number of allylic oxidation sites excluding steroid dienone is 2. The number of primary amides is 1. The Morgan fingerprint density at radius 3 is 2.50 bits per heavy atom. The van der Waals surface area contributed by atoms with Crippen LogP contribution in [0.25, 0.3) is 0 Å². The number of urea groups is 1. The number of methoxy groups -OCH3 is 1. The molecule has 0 bridgehead atoms. The molecule has 2 aliphatic heterocycles. The summed E-state index contributed by atoms with van der Waals surface area (Å²) in [6.07, 6.45) is 2.00. The molecule has 2 saturated heterocycles. The van der Waals surface area contributed by atoms with Crippen LogP contribution in [0.15, 0.2) is 42.0 Å². The number of imide groups is 4. The van der Waals surface area contributed by atoms with Crippen molar-refractivity contribution in [1.82, 2.24) is 4.90 Å². The van der Waals surface area contributed by atoms with Gasteiger partial charge in [-0.1, -0.05) is 23.3 Å². The molecular formula is C29H24ClFIN3O7. The first-order valence-corrected chi connectivity index (χ1v) is 14.6. The van der Waals surface area contributed by atoms with Gasteiger partial charge in [0.15, 0.2) is 11.5 Å². The highest BCUT2D eigenvalue weighted by molar-refractivity contribution is 14.1. The zero-order valence-electron chi connectivity index (χ0n) is 22.3. The van der Waals surface area contributed by atoms with Gasteiger partial charge in [-0.15, -0.1) is 0 Å². The van der Waals surface area contributed by atoms with Crippen molar-refractivity contribution in [2.24, 2.45) is 34.8 Å². The average Bonchev–Trinajstić information content (AvgIpc) is 3.31. The van der Waals surface area contributed by atoms with Crippen molar-refractivity contribution < 1.29 is 38.2 Å². The van der Waals surface area contributed by atoms with Crippen molar-refractivity contribution >= 4 is 69.5 Å². The number of carbonyl (C=O) groups is 5. The van der Waals surface area contributed by atoms with E-state index in [4.69, 9.17) is 22.1 Å². The van der Waals surface area contributed by atoms with Crippen molar-refractivity contribution in [2.75, 3.05) is 12.0 Å². The van der Waals surface area contributed by atoms with Crippen LogP contribution < -0.4 is 15.4 Å². The summed E-state index contributed by atoms with van der Waals surface area (Å²) in [5.74, 6) is -7.36. The predicted molar refractivity (Wildman–Crippen MR) is 155 cm³/mol. The molecule has 2 aliphatic carbocycles. The van der Waals surface area contributed by atoms with Crippen LogP contribution in [0.2, 0.25) is 5.02 Å². The number of hydrogen-bond acceptors (Lipinski definition) is 7. The summed E-state index contributed by atoms with van der Waals surface area (Å²) in [5, 5.41) is 10.3. The van der Waals surface area contributed by atoms with E-state index in [1.807, 2.05) is 28.7 Å². The molecule has 0 unspecified atom stereocenters. The zero-order chi connectivity index (χ0) is 30.4. The first-order chi connectivity index (χ1) is 19.8. The fraction of sp³-hybridized carbons (Fsp3) is 0.345. The molecule has 1 saturated carbocycles. The Hall–Kier alpha value is -3.52. The largest absolute Gasteiger partial charge is 0.504 e. The maximum absolute atomic E-state index is 14.4. The van der Waals surface area contributed by atoms with Gasteiger partial charge in [0.25, 0.3) is 0 Å². The van der Waals surface area contributed by atoms with Crippen LogP contribution in [0.3, 0.4) is 0 Å². The third kappa shape index (κ3) is 3.76. The van der Waals surface area contributed by atoms with Crippen molar-refractivity contribution in [2.45, 2.75) is 25.7 Å². The summed E-state index contributed by atoms with van der Waals surface area (Å²) >= 11 is 7.95. The van der Waals surface area contributed by atoms with Crippen LogP contribution in [0.4, 0.5) is 14.9 Å². The van der Waals surface area contributed by atoms with Crippen molar-refractivity contribution in [1.29, 1.82) is 0 Å². The Morgan fingerprint density at radius 1 is 1.14 bits per heavy atom. The van der Waals surface area contributed by atoms with Gasteiger partial charge < -0.3 is 15.6 Å². The van der Waals surface area contributed by atoms with Gasteiger partial charge in [0.05, 0.1) is 44.6 Å². The lowest BCUT2D eigenvalue weighted by molar-refractivity contribution is -0.136. The molecule has 2 aromatic rings. The highest BCUT2D eigenvalue weighted by Crippen LogP contribution is 2.64. The molecule has 0 spiro atoms. The van der Waals surface area contributed by atoms with Gasteiger partial charge in [0, 0.05) is 5.92 Å². The molecule has 13 heteroatoms. The Balaban J connectivity index is 1.56. The van der Waals surface area contributed by atoms with Crippen molar-refractivity contribution in [3.8, 4) is 11.5 Å². The summed E-state index contributed by atoms with van der Waals surface area (Å²) in [6, 6.07) is 5.69. The highest BCUT2D eigenvalue weighted by Gasteiger charge is 2.68. The second-order valence-corrected chi connectivity index (χ2v) is 12.7. The van der Waals surface area contributed by atoms with E-state index in [1.165, 1.54) is 19.2 Å². The van der Waals surface area contributed by atoms with Crippen LogP contribution >= 0.6 is 34.2 Å². The fourth-order valence-electron chi connectivity index (χ4n) is 7.40. The molecule has 6 rings (SSSR count). The molecule has 10 nitrogen and oxygen atoms in total. The first-order valence-electron chi connectivity index (χ1n) is 13.1. The number of hydrogen-bond donors (Lipinski definition) is 2. The molecule has 0 aromatic heterocycles. The standard InChI is InChI=1S/C29H24ClFIN3O7/c1-29-16(25(38)34(27(29)40)12-3-6-18(31)17(30)9-12)10-15-13(22(29)11-7-19(32)23(36)20(8-11)42-2)4-5-14-21(15)26(39)35(24(14)37)28(33)41/h3-4,6-9,14-16,21-22,36H,5,10H2,1-2H3,(H2,33,41)/t14-,15+,16-,21-,22-,29+/m0/s1. The Morgan fingerprint density at radius 2 is 1.86 bits per heavy atom. The van der Waals surface area contributed by atoms with E-state index < -0.39 is 70.5 Å². The van der Waals surface area contributed by atoms with Gasteiger partial charge in [0.2, 0.25) is 23.6 Å². The molecule has 3 N–H and O–H groups in total. The smallest absolute Gasteiger partial charge is 0.328 e. The number of rotatable bonds is 3. The first kappa shape index (κ1) is 28.6. The highest BCUT2D eigenvalue weighted by atomic mass is 127. The van der Waals surface area contributed by atoms with Gasteiger partial charge in [0.1, 0.15) is 5.82 Å². The average molecular weight is 708 g/mol. The number of halogens is 3. The number of ether oxygens (including phenoxy) is 1. The third-order valence-electron chi connectivity index (χ3n) is 9.26. The molecule has 2 aromatic carbocycles. The van der Waals surface area contributed by atoms with Crippen molar-refractivity contribution in [3.63, 3.8) is 0 Å². The lowest BCUT2D eigenvalue weighted by Gasteiger charge is -2.49.